The summed E-state index contributed by atoms with van der Waals surface area (Å²) < 4.78 is 8.00. The second-order valence-corrected chi connectivity index (χ2v) is 8.80. The van der Waals surface area contributed by atoms with Gasteiger partial charge in [-0.2, -0.15) is 21.4 Å². The van der Waals surface area contributed by atoms with Crippen molar-refractivity contribution in [2.75, 3.05) is 24.6 Å². The fourth-order valence-electron chi connectivity index (χ4n) is 4.71. The van der Waals surface area contributed by atoms with E-state index in [2.05, 4.69) is 37.3 Å². The Balaban J connectivity index is 1.40. The number of aromatic nitrogens is 6. The normalized spacial score (nSPS) is 21.2. The second kappa shape index (κ2) is 6.59. The zero-order chi connectivity index (χ0) is 20.3. The quantitative estimate of drug-likeness (QED) is 0.521. The first-order valence-electron chi connectivity index (χ1n) is 10.1. The predicted octanol–water partition coefficient (Wildman–Crippen LogP) is 2.21. The SMILES string of the molecule is C=C(c1ccsc1)c1[nH]nc2nc(N3CCC4(CC3)OCC[C@H]4N)n3cnnc3c12. The van der Waals surface area contributed by atoms with Crippen LogP contribution in [-0.2, 0) is 4.74 Å². The summed E-state index contributed by atoms with van der Waals surface area (Å²) in [6, 6.07) is 2.16. The van der Waals surface area contributed by atoms with Gasteiger partial charge in [-0.25, -0.2) is 0 Å². The molecule has 154 valence electrons. The Bertz CT molecular complexity index is 1230. The molecular weight excluding hydrogens is 400 g/mol. The third kappa shape index (κ3) is 2.54. The number of nitrogens with one attached hydrogen (secondary N) is 1. The molecule has 1 atom stereocenters. The number of fused-ring (bicyclic) bond motifs is 3. The number of nitrogens with two attached hydrogens (primary N) is 1. The third-order valence-electron chi connectivity index (χ3n) is 6.50. The number of nitrogens with zero attached hydrogens (tertiary/aromatic N) is 6. The summed E-state index contributed by atoms with van der Waals surface area (Å²) in [5.41, 5.74) is 10.2. The summed E-state index contributed by atoms with van der Waals surface area (Å²) >= 11 is 1.64. The van der Waals surface area contributed by atoms with Crippen LogP contribution < -0.4 is 10.6 Å². The molecule has 10 heteroatoms. The smallest absolute Gasteiger partial charge is 0.214 e. The summed E-state index contributed by atoms with van der Waals surface area (Å²) in [7, 11) is 0. The van der Waals surface area contributed by atoms with Crippen molar-refractivity contribution in [3.63, 3.8) is 0 Å². The van der Waals surface area contributed by atoms with Gasteiger partial charge in [0, 0.05) is 31.3 Å². The Morgan fingerprint density at radius 3 is 2.97 bits per heavy atom. The van der Waals surface area contributed by atoms with E-state index >= 15 is 0 Å². The minimum atomic E-state index is -0.190. The number of anilines is 1. The molecular formula is C20H22N8OS. The van der Waals surface area contributed by atoms with Gasteiger partial charge >= 0.3 is 0 Å². The Morgan fingerprint density at radius 1 is 1.37 bits per heavy atom. The van der Waals surface area contributed by atoms with Crippen LogP contribution in [0.5, 0.6) is 0 Å². The van der Waals surface area contributed by atoms with Gasteiger partial charge in [-0.3, -0.25) is 9.50 Å². The monoisotopic (exact) mass is 422 g/mol. The summed E-state index contributed by atoms with van der Waals surface area (Å²) in [6.45, 7) is 6.65. The lowest BCUT2D eigenvalue weighted by Gasteiger charge is -2.41. The van der Waals surface area contributed by atoms with Crippen LogP contribution in [0.1, 0.15) is 30.5 Å². The lowest BCUT2D eigenvalue weighted by atomic mass is 9.85. The molecule has 0 saturated carbocycles. The second-order valence-electron chi connectivity index (χ2n) is 8.02. The van der Waals surface area contributed by atoms with Gasteiger partial charge in [0.15, 0.2) is 11.3 Å². The van der Waals surface area contributed by atoms with E-state index in [1.807, 2.05) is 15.8 Å². The van der Waals surface area contributed by atoms with Crippen LogP contribution in [-0.4, -0.2) is 61.1 Å². The fraction of sp³-hybridized carbons (Fsp3) is 0.400. The molecule has 4 aromatic rings. The average molecular weight is 423 g/mol. The van der Waals surface area contributed by atoms with Crippen molar-refractivity contribution in [3.8, 4) is 0 Å². The van der Waals surface area contributed by atoms with Crippen molar-refractivity contribution < 1.29 is 4.74 Å². The van der Waals surface area contributed by atoms with Crippen LogP contribution in [0.2, 0.25) is 0 Å². The zero-order valence-electron chi connectivity index (χ0n) is 16.4. The molecule has 0 radical (unpaired) electrons. The average Bonchev–Trinajstić information content (AvgIpc) is 3.55. The highest BCUT2D eigenvalue weighted by Crippen LogP contribution is 2.37. The summed E-state index contributed by atoms with van der Waals surface area (Å²) in [6.07, 6.45) is 4.42. The van der Waals surface area contributed by atoms with Gasteiger partial charge in [0.05, 0.1) is 16.7 Å². The first-order chi connectivity index (χ1) is 14.7. The van der Waals surface area contributed by atoms with Gasteiger partial charge in [0.25, 0.3) is 0 Å². The summed E-state index contributed by atoms with van der Waals surface area (Å²) in [5, 5.41) is 21.1. The number of piperidine rings is 1. The highest BCUT2D eigenvalue weighted by molar-refractivity contribution is 7.08. The molecule has 2 saturated heterocycles. The number of H-pyrrole nitrogens is 1. The van der Waals surface area contributed by atoms with Crippen molar-refractivity contribution in [3.05, 3.63) is 41.0 Å². The summed E-state index contributed by atoms with van der Waals surface area (Å²) in [5.74, 6) is 0.795. The van der Waals surface area contributed by atoms with Crippen LogP contribution in [0.4, 0.5) is 5.95 Å². The maximum atomic E-state index is 6.34. The molecule has 2 fully saturated rings. The zero-order valence-corrected chi connectivity index (χ0v) is 17.2. The molecule has 6 rings (SSSR count). The molecule has 2 aliphatic heterocycles. The number of rotatable bonds is 3. The van der Waals surface area contributed by atoms with Gasteiger partial charge in [0.2, 0.25) is 5.95 Å². The Kier molecular flexibility index (Phi) is 3.95. The van der Waals surface area contributed by atoms with E-state index in [1.54, 1.807) is 17.7 Å². The lowest BCUT2D eigenvalue weighted by Crippen LogP contribution is -2.53. The molecule has 30 heavy (non-hydrogen) atoms. The number of hydrogen-bond acceptors (Lipinski definition) is 8. The molecule has 4 aromatic heterocycles. The van der Waals surface area contributed by atoms with Crippen LogP contribution in [0.15, 0.2) is 29.7 Å². The summed E-state index contributed by atoms with van der Waals surface area (Å²) in [4.78, 5) is 7.12. The number of thiophene rings is 1. The first-order valence-corrected chi connectivity index (χ1v) is 11.0. The van der Waals surface area contributed by atoms with Crippen LogP contribution in [0, 0.1) is 0 Å². The molecule has 9 nitrogen and oxygen atoms in total. The predicted molar refractivity (Wildman–Crippen MR) is 116 cm³/mol. The van der Waals surface area contributed by atoms with Crippen molar-refractivity contribution >= 4 is 39.5 Å². The Hall–Kier alpha value is -2.82. The van der Waals surface area contributed by atoms with Crippen LogP contribution in [0.3, 0.4) is 0 Å². The Morgan fingerprint density at radius 2 is 2.23 bits per heavy atom. The molecule has 2 aliphatic rings. The standard InChI is InChI=1S/C20H22N8OS/c1-12(13-3-9-30-10-13)16-15-17(25-24-16)23-19(28-11-22-26-18(15)28)27-6-4-20(5-7-27)14(21)2-8-29-20/h3,9-11,14H,1-2,4-8,21H2,(H,24,25)/t14-/m1/s1. The van der Waals surface area contributed by atoms with Crippen molar-refractivity contribution in [1.82, 2.24) is 29.8 Å². The topological polar surface area (TPSA) is 110 Å². The van der Waals surface area contributed by atoms with Crippen LogP contribution >= 0.6 is 11.3 Å². The van der Waals surface area contributed by atoms with Crippen molar-refractivity contribution in [2.24, 2.45) is 5.73 Å². The third-order valence-corrected chi connectivity index (χ3v) is 7.18. The van der Waals surface area contributed by atoms with Gasteiger partial charge < -0.3 is 15.4 Å². The van der Waals surface area contributed by atoms with Gasteiger partial charge in [0.1, 0.15) is 6.33 Å². The van der Waals surface area contributed by atoms with Crippen molar-refractivity contribution in [1.29, 1.82) is 0 Å². The highest BCUT2D eigenvalue weighted by atomic mass is 32.1. The van der Waals surface area contributed by atoms with Crippen molar-refractivity contribution in [2.45, 2.75) is 30.9 Å². The Labute approximate surface area is 176 Å². The first kappa shape index (κ1) is 18.0. The molecule has 0 unspecified atom stereocenters. The number of aromatic amines is 1. The fourth-order valence-corrected chi connectivity index (χ4v) is 5.38. The van der Waals surface area contributed by atoms with E-state index in [0.717, 1.165) is 72.8 Å². The largest absolute Gasteiger partial charge is 0.373 e. The maximum absolute atomic E-state index is 6.34. The minimum Gasteiger partial charge on any atom is -0.373 e. The van der Waals surface area contributed by atoms with Gasteiger partial charge in [-0.1, -0.05) is 6.58 Å². The number of ether oxygens (including phenoxy) is 1. The van der Waals surface area contributed by atoms with E-state index in [9.17, 15) is 0 Å². The van der Waals surface area contributed by atoms with E-state index in [0.29, 0.717) is 5.65 Å². The molecule has 0 aliphatic carbocycles. The van der Waals surface area contributed by atoms with E-state index < -0.39 is 0 Å². The molecule has 3 N–H and O–H groups in total. The van der Waals surface area contributed by atoms with E-state index in [-0.39, 0.29) is 11.6 Å². The molecule has 6 heterocycles. The van der Waals surface area contributed by atoms with Gasteiger partial charge in [-0.15, -0.1) is 10.2 Å². The molecule has 0 amide bonds. The molecule has 1 spiro atoms. The van der Waals surface area contributed by atoms with Crippen LogP contribution in [0.25, 0.3) is 22.3 Å². The molecule has 0 aromatic carbocycles. The highest BCUT2D eigenvalue weighted by Gasteiger charge is 2.45. The van der Waals surface area contributed by atoms with E-state index in [1.165, 1.54) is 0 Å². The maximum Gasteiger partial charge on any atom is 0.214 e. The van der Waals surface area contributed by atoms with Gasteiger partial charge in [-0.05, 0) is 41.7 Å². The molecule has 0 bridgehead atoms. The minimum absolute atomic E-state index is 0.113. The lowest BCUT2D eigenvalue weighted by molar-refractivity contribution is -0.0231. The number of hydrogen-bond donors (Lipinski definition) is 2. The van der Waals surface area contributed by atoms with E-state index in [4.69, 9.17) is 15.5 Å².